The molecule has 0 spiro atoms. The molecule has 7 heteroatoms. The summed E-state index contributed by atoms with van der Waals surface area (Å²) in [6.45, 7) is 4.12. The highest BCUT2D eigenvalue weighted by Gasteiger charge is 2.50. The first-order chi connectivity index (χ1) is 14.0. The minimum atomic E-state index is -0.0282. The second-order valence-corrected chi connectivity index (χ2v) is 11.4. The topological polar surface area (TPSA) is 71.1 Å². The Bertz CT molecular complexity index is 920. The normalized spacial score (nSPS) is 29.8. The van der Waals surface area contributed by atoms with Crippen LogP contribution in [-0.4, -0.2) is 16.8 Å². The van der Waals surface area contributed by atoms with Crippen molar-refractivity contribution in [3.8, 4) is 10.6 Å². The van der Waals surface area contributed by atoms with E-state index in [0.29, 0.717) is 23.5 Å². The summed E-state index contributed by atoms with van der Waals surface area (Å²) in [7, 11) is 0. The lowest BCUT2D eigenvalue weighted by Crippen LogP contribution is -2.49. The quantitative estimate of drug-likeness (QED) is 0.715. The summed E-state index contributed by atoms with van der Waals surface area (Å²) < 4.78 is 0. The highest BCUT2D eigenvalue weighted by atomic mass is 32.1. The maximum atomic E-state index is 13.1. The zero-order chi connectivity index (χ0) is 20.1. The monoisotopic (exact) mass is 429 g/mol. The molecule has 0 aromatic carbocycles. The number of carbonyl (C=O) groups excluding carboxylic acids is 2. The molecule has 0 unspecified atom stereocenters. The third kappa shape index (κ3) is 3.75. The van der Waals surface area contributed by atoms with Crippen LogP contribution in [0, 0.1) is 36.5 Å². The van der Waals surface area contributed by atoms with Crippen molar-refractivity contribution in [2.75, 3.05) is 5.32 Å². The van der Waals surface area contributed by atoms with E-state index < -0.39 is 0 Å². The number of anilines is 1. The van der Waals surface area contributed by atoms with E-state index in [1.54, 1.807) is 22.7 Å². The molecule has 0 aliphatic heterocycles. The van der Waals surface area contributed by atoms with E-state index in [9.17, 15) is 9.59 Å². The van der Waals surface area contributed by atoms with E-state index in [0.717, 1.165) is 32.2 Å². The lowest BCUT2D eigenvalue weighted by Gasteiger charge is -2.53. The minimum Gasteiger partial charge on any atom is -0.351 e. The van der Waals surface area contributed by atoms with Gasteiger partial charge in [-0.25, -0.2) is 4.98 Å². The molecule has 2 amide bonds. The molecular weight excluding hydrogens is 402 g/mol. The van der Waals surface area contributed by atoms with Gasteiger partial charge in [-0.3, -0.25) is 9.59 Å². The molecule has 6 rings (SSSR count). The van der Waals surface area contributed by atoms with Gasteiger partial charge in [-0.2, -0.15) is 0 Å². The number of hydrogen-bond donors (Lipinski definition) is 2. The van der Waals surface area contributed by atoms with Crippen LogP contribution >= 0.6 is 22.7 Å². The van der Waals surface area contributed by atoms with Gasteiger partial charge in [-0.15, -0.1) is 22.7 Å². The number of thiophene rings is 1. The van der Waals surface area contributed by atoms with Crippen LogP contribution in [-0.2, 0) is 16.1 Å². The standard InChI is InChI=1S/C22H27N3O2S2/c1-11-20(18-4-3-17(29-18)10-23-12(2)26)24-22(28-11)25-21(27)19-15-6-13-5-14(8-15)9-16(19)7-13/h3-4,13-16,19H,5-10H2,1-2H3,(H,23,26)(H,24,25,27). The number of nitrogens with one attached hydrogen (secondary N) is 2. The maximum absolute atomic E-state index is 13.1. The van der Waals surface area contributed by atoms with Gasteiger partial charge in [0.2, 0.25) is 11.8 Å². The molecule has 4 fully saturated rings. The minimum absolute atomic E-state index is 0.0282. The fourth-order valence-corrected chi connectivity index (χ4v) is 7.92. The second-order valence-electron chi connectivity index (χ2n) is 9.05. The Hall–Kier alpha value is -1.73. The highest BCUT2D eigenvalue weighted by Crippen LogP contribution is 2.56. The van der Waals surface area contributed by atoms with E-state index in [-0.39, 0.29) is 17.7 Å². The smallest absolute Gasteiger partial charge is 0.229 e. The molecule has 4 bridgehead atoms. The Balaban J connectivity index is 1.28. The molecule has 4 aliphatic carbocycles. The van der Waals surface area contributed by atoms with Gasteiger partial charge in [-0.1, -0.05) is 0 Å². The molecule has 2 N–H and O–H groups in total. The molecular formula is C22H27N3O2S2. The molecule has 0 atom stereocenters. The Morgan fingerprint density at radius 1 is 1.07 bits per heavy atom. The summed E-state index contributed by atoms with van der Waals surface area (Å²) in [4.78, 5) is 32.3. The number of carbonyl (C=O) groups is 2. The van der Waals surface area contributed by atoms with Crippen LogP contribution in [0.25, 0.3) is 10.6 Å². The van der Waals surface area contributed by atoms with Crippen LogP contribution < -0.4 is 10.6 Å². The molecule has 0 saturated heterocycles. The summed E-state index contributed by atoms with van der Waals surface area (Å²) in [5.74, 6) is 3.26. The van der Waals surface area contributed by atoms with Crippen molar-refractivity contribution in [2.45, 2.75) is 52.5 Å². The van der Waals surface area contributed by atoms with Crippen molar-refractivity contribution < 1.29 is 9.59 Å². The third-order valence-electron chi connectivity index (χ3n) is 6.96. The van der Waals surface area contributed by atoms with Gasteiger partial charge in [0.15, 0.2) is 5.13 Å². The largest absolute Gasteiger partial charge is 0.351 e. The summed E-state index contributed by atoms with van der Waals surface area (Å²) in [6.07, 6.45) is 6.40. The number of aromatic nitrogens is 1. The lowest BCUT2D eigenvalue weighted by atomic mass is 9.51. The summed E-state index contributed by atoms with van der Waals surface area (Å²) >= 11 is 3.20. The molecule has 2 aromatic rings. The third-order valence-corrected chi connectivity index (χ3v) is 8.94. The zero-order valence-electron chi connectivity index (χ0n) is 16.9. The van der Waals surface area contributed by atoms with E-state index in [4.69, 9.17) is 4.98 Å². The molecule has 0 radical (unpaired) electrons. The molecule has 4 saturated carbocycles. The predicted octanol–water partition coefficient (Wildman–Crippen LogP) is 4.83. The van der Waals surface area contributed by atoms with Crippen molar-refractivity contribution in [3.05, 3.63) is 21.9 Å². The first-order valence-corrected chi connectivity index (χ1v) is 12.2. The molecule has 2 heterocycles. The Labute approximate surface area is 179 Å². The first kappa shape index (κ1) is 19.2. The van der Waals surface area contributed by atoms with Crippen molar-refractivity contribution in [3.63, 3.8) is 0 Å². The lowest BCUT2D eigenvalue weighted by molar-refractivity contribution is -0.132. The van der Waals surface area contributed by atoms with Gasteiger partial charge < -0.3 is 10.6 Å². The van der Waals surface area contributed by atoms with Gasteiger partial charge >= 0.3 is 0 Å². The number of nitrogens with zero attached hydrogens (tertiary/aromatic N) is 1. The molecule has 29 heavy (non-hydrogen) atoms. The average Bonchev–Trinajstić information content (AvgIpc) is 3.25. The Morgan fingerprint density at radius 2 is 1.76 bits per heavy atom. The fourth-order valence-electron chi connectivity index (χ4n) is 6.03. The number of rotatable bonds is 5. The van der Waals surface area contributed by atoms with Crippen molar-refractivity contribution in [1.82, 2.24) is 10.3 Å². The van der Waals surface area contributed by atoms with Gasteiger partial charge in [-0.05, 0) is 74.8 Å². The Morgan fingerprint density at radius 3 is 2.41 bits per heavy atom. The number of amides is 2. The first-order valence-electron chi connectivity index (χ1n) is 10.6. The number of aryl methyl sites for hydroxylation is 1. The van der Waals surface area contributed by atoms with E-state index in [1.165, 1.54) is 39.0 Å². The fraction of sp³-hybridized carbons (Fsp3) is 0.591. The van der Waals surface area contributed by atoms with E-state index >= 15 is 0 Å². The SMILES string of the molecule is CC(=O)NCc1ccc(-c2nc(NC(=O)C3C4CC5CC(C4)CC3C5)sc2C)s1. The van der Waals surface area contributed by atoms with Gasteiger partial charge in [0.1, 0.15) is 0 Å². The summed E-state index contributed by atoms with van der Waals surface area (Å²) in [5.41, 5.74) is 0.939. The number of thiazole rings is 1. The Kier molecular flexibility index (Phi) is 4.98. The van der Waals surface area contributed by atoms with Crippen LogP contribution in [0.15, 0.2) is 12.1 Å². The summed E-state index contributed by atoms with van der Waals surface area (Å²) in [6, 6.07) is 4.08. The maximum Gasteiger partial charge on any atom is 0.229 e. The molecule has 2 aromatic heterocycles. The van der Waals surface area contributed by atoms with Crippen LogP contribution in [0.4, 0.5) is 5.13 Å². The molecule has 154 valence electrons. The van der Waals surface area contributed by atoms with Crippen LogP contribution in [0.1, 0.15) is 48.8 Å². The van der Waals surface area contributed by atoms with E-state index in [1.807, 2.05) is 12.1 Å². The van der Waals surface area contributed by atoms with Gasteiger partial charge in [0, 0.05) is 22.6 Å². The zero-order valence-corrected chi connectivity index (χ0v) is 18.5. The van der Waals surface area contributed by atoms with Gasteiger partial charge in [0.05, 0.1) is 17.1 Å². The predicted molar refractivity (Wildman–Crippen MR) is 117 cm³/mol. The van der Waals surface area contributed by atoms with E-state index in [2.05, 4.69) is 17.6 Å². The molecule has 4 aliphatic rings. The van der Waals surface area contributed by atoms with Crippen LogP contribution in [0.2, 0.25) is 0 Å². The van der Waals surface area contributed by atoms with Crippen LogP contribution in [0.3, 0.4) is 0 Å². The van der Waals surface area contributed by atoms with Crippen molar-refractivity contribution in [2.24, 2.45) is 29.6 Å². The average molecular weight is 430 g/mol. The van der Waals surface area contributed by atoms with Gasteiger partial charge in [0.25, 0.3) is 0 Å². The molecule has 5 nitrogen and oxygen atoms in total. The van der Waals surface area contributed by atoms with Crippen molar-refractivity contribution >= 4 is 39.6 Å². The second kappa shape index (κ2) is 7.51. The highest BCUT2D eigenvalue weighted by molar-refractivity contribution is 7.18. The van der Waals surface area contributed by atoms with Crippen LogP contribution in [0.5, 0.6) is 0 Å². The number of hydrogen-bond acceptors (Lipinski definition) is 5. The summed E-state index contributed by atoms with van der Waals surface area (Å²) in [5, 5.41) is 6.71. The van der Waals surface area contributed by atoms with Crippen molar-refractivity contribution in [1.29, 1.82) is 0 Å².